The van der Waals surface area contributed by atoms with E-state index in [4.69, 9.17) is 5.11 Å². The molecule has 4 heteroatoms. The van der Waals surface area contributed by atoms with Crippen LogP contribution in [-0.4, -0.2) is 35.0 Å². The van der Waals surface area contributed by atoms with Gasteiger partial charge in [-0.05, 0) is 25.7 Å². The summed E-state index contributed by atoms with van der Waals surface area (Å²) in [6.07, 6.45) is 5.47. The molecule has 4 nitrogen and oxygen atoms in total. The summed E-state index contributed by atoms with van der Waals surface area (Å²) in [7, 11) is 0. The van der Waals surface area contributed by atoms with Gasteiger partial charge in [-0.3, -0.25) is 9.59 Å². The third-order valence-electron chi connectivity index (χ3n) is 3.83. The average Bonchev–Trinajstić information content (AvgIpc) is 2.39. The van der Waals surface area contributed by atoms with Gasteiger partial charge < -0.3 is 10.0 Å². The second kappa shape index (κ2) is 7.39. The highest BCUT2D eigenvalue weighted by atomic mass is 16.4. The van der Waals surface area contributed by atoms with E-state index in [9.17, 15) is 9.59 Å². The van der Waals surface area contributed by atoms with Crippen LogP contribution in [0.4, 0.5) is 0 Å². The lowest BCUT2D eigenvalue weighted by molar-refractivity contribution is -0.146. The molecule has 0 aromatic rings. The molecular weight excluding hydrogens is 230 g/mol. The maximum atomic E-state index is 12.3. The van der Waals surface area contributed by atoms with Crippen molar-refractivity contribution in [2.45, 2.75) is 52.4 Å². The van der Waals surface area contributed by atoms with Crippen LogP contribution in [0.5, 0.6) is 0 Å². The zero-order valence-electron chi connectivity index (χ0n) is 11.5. The maximum absolute atomic E-state index is 12.3. The predicted octanol–water partition coefficient (Wildman–Crippen LogP) is 2.53. The third kappa shape index (κ3) is 4.00. The fourth-order valence-electron chi connectivity index (χ4n) is 2.59. The number of carbonyl (C=O) groups excluding carboxylic acids is 1. The van der Waals surface area contributed by atoms with E-state index < -0.39 is 5.97 Å². The molecule has 2 atom stereocenters. The van der Waals surface area contributed by atoms with E-state index >= 15 is 0 Å². The SMILES string of the molecule is CCCCC(CC)C(=O)N1CCC[C@H](C(=O)O)C1. The number of hydrogen-bond donors (Lipinski definition) is 1. The zero-order valence-corrected chi connectivity index (χ0v) is 11.5. The lowest BCUT2D eigenvalue weighted by atomic mass is 9.93. The van der Waals surface area contributed by atoms with Crippen LogP contribution in [0.25, 0.3) is 0 Å². The highest BCUT2D eigenvalue weighted by molar-refractivity contribution is 5.80. The minimum absolute atomic E-state index is 0.0810. The number of carbonyl (C=O) groups is 2. The number of amides is 1. The first-order valence-electron chi connectivity index (χ1n) is 7.11. The van der Waals surface area contributed by atoms with Gasteiger partial charge in [0.25, 0.3) is 0 Å². The van der Waals surface area contributed by atoms with Crippen molar-refractivity contribution in [3.63, 3.8) is 0 Å². The molecule has 1 amide bonds. The van der Waals surface area contributed by atoms with Crippen molar-refractivity contribution in [1.29, 1.82) is 0 Å². The maximum Gasteiger partial charge on any atom is 0.308 e. The minimum atomic E-state index is -0.769. The van der Waals surface area contributed by atoms with Gasteiger partial charge in [0.15, 0.2) is 0 Å². The molecule has 1 unspecified atom stereocenters. The molecule has 0 aromatic carbocycles. The van der Waals surface area contributed by atoms with E-state index in [0.29, 0.717) is 13.0 Å². The Morgan fingerprint density at radius 3 is 2.67 bits per heavy atom. The molecule has 1 N–H and O–H groups in total. The molecule has 0 spiro atoms. The lowest BCUT2D eigenvalue weighted by Gasteiger charge is -2.33. The Hall–Kier alpha value is -1.06. The topological polar surface area (TPSA) is 57.6 Å². The first-order valence-corrected chi connectivity index (χ1v) is 7.11. The number of hydrogen-bond acceptors (Lipinski definition) is 2. The molecule has 1 rings (SSSR count). The van der Waals surface area contributed by atoms with Crippen LogP contribution in [0.2, 0.25) is 0 Å². The van der Waals surface area contributed by atoms with Crippen molar-refractivity contribution >= 4 is 11.9 Å². The van der Waals surface area contributed by atoms with E-state index in [1.165, 1.54) is 0 Å². The highest BCUT2D eigenvalue weighted by Crippen LogP contribution is 2.22. The van der Waals surface area contributed by atoms with Crippen molar-refractivity contribution in [2.75, 3.05) is 13.1 Å². The van der Waals surface area contributed by atoms with Crippen LogP contribution in [0.15, 0.2) is 0 Å². The van der Waals surface area contributed by atoms with Crippen LogP contribution < -0.4 is 0 Å². The van der Waals surface area contributed by atoms with Gasteiger partial charge in [0, 0.05) is 19.0 Å². The molecule has 0 aromatic heterocycles. The first-order chi connectivity index (χ1) is 8.60. The quantitative estimate of drug-likeness (QED) is 0.793. The van der Waals surface area contributed by atoms with Gasteiger partial charge in [0.1, 0.15) is 0 Å². The normalized spacial score (nSPS) is 21.7. The minimum Gasteiger partial charge on any atom is -0.481 e. The van der Waals surface area contributed by atoms with Crippen molar-refractivity contribution < 1.29 is 14.7 Å². The van der Waals surface area contributed by atoms with Crippen LogP contribution in [-0.2, 0) is 9.59 Å². The molecule has 1 aliphatic rings. The Morgan fingerprint density at radius 2 is 2.11 bits per heavy atom. The van der Waals surface area contributed by atoms with Gasteiger partial charge in [-0.25, -0.2) is 0 Å². The average molecular weight is 255 g/mol. The summed E-state index contributed by atoms with van der Waals surface area (Å²) in [5.41, 5.74) is 0. The smallest absolute Gasteiger partial charge is 0.308 e. The summed E-state index contributed by atoms with van der Waals surface area (Å²) in [6, 6.07) is 0. The Kier molecular flexibility index (Phi) is 6.16. The Balaban J connectivity index is 2.55. The highest BCUT2D eigenvalue weighted by Gasteiger charge is 2.30. The number of likely N-dealkylation sites (tertiary alicyclic amines) is 1. The van der Waals surface area contributed by atoms with Crippen LogP contribution in [0.3, 0.4) is 0 Å². The summed E-state index contributed by atoms with van der Waals surface area (Å²) >= 11 is 0. The van der Waals surface area contributed by atoms with Crippen LogP contribution in [0.1, 0.15) is 52.4 Å². The second-order valence-corrected chi connectivity index (χ2v) is 5.21. The molecule has 1 saturated heterocycles. The summed E-state index contributed by atoms with van der Waals surface area (Å²) in [5.74, 6) is -0.894. The van der Waals surface area contributed by atoms with E-state index in [-0.39, 0.29) is 17.7 Å². The number of rotatable bonds is 6. The number of piperidine rings is 1. The van der Waals surface area contributed by atoms with Gasteiger partial charge >= 0.3 is 5.97 Å². The van der Waals surface area contributed by atoms with Gasteiger partial charge in [-0.1, -0.05) is 26.7 Å². The number of carboxylic acids is 1. The van der Waals surface area contributed by atoms with E-state index in [1.807, 2.05) is 6.92 Å². The van der Waals surface area contributed by atoms with Gasteiger partial charge in [-0.2, -0.15) is 0 Å². The Morgan fingerprint density at radius 1 is 1.39 bits per heavy atom. The second-order valence-electron chi connectivity index (χ2n) is 5.21. The summed E-state index contributed by atoms with van der Waals surface area (Å²) in [6.45, 7) is 5.29. The van der Waals surface area contributed by atoms with Gasteiger partial charge in [-0.15, -0.1) is 0 Å². The molecule has 0 bridgehead atoms. The fraction of sp³-hybridized carbons (Fsp3) is 0.857. The largest absolute Gasteiger partial charge is 0.481 e. The van der Waals surface area contributed by atoms with Gasteiger partial charge in [0.05, 0.1) is 5.92 Å². The molecule has 104 valence electrons. The number of carboxylic acid groups (broad SMARTS) is 1. The zero-order chi connectivity index (χ0) is 13.5. The van der Waals surface area contributed by atoms with E-state index in [0.717, 1.165) is 38.6 Å². The van der Waals surface area contributed by atoms with Crippen LogP contribution >= 0.6 is 0 Å². The molecule has 0 aliphatic carbocycles. The van der Waals surface area contributed by atoms with E-state index in [2.05, 4.69) is 6.92 Å². The fourth-order valence-corrected chi connectivity index (χ4v) is 2.59. The van der Waals surface area contributed by atoms with Crippen molar-refractivity contribution in [3.05, 3.63) is 0 Å². The van der Waals surface area contributed by atoms with Crippen LogP contribution in [0, 0.1) is 11.8 Å². The van der Waals surface area contributed by atoms with E-state index in [1.54, 1.807) is 4.90 Å². The molecule has 1 fully saturated rings. The van der Waals surface area contributed by atoms with Crippen molar-refractivity contribution in [2.24, 2.45) is 11.8 Å². The molecule has 18 heavy (non-hydrogen) atoms. The standard InChI is InChI=1S/C14H25NO3/c1-3-5-7-11(4-2)13(16)15-9-6-8-12(10-15)14(17)18/h11-12H,3-10H2,1-2H3,(H,17,18)/t11?,12-/m0/s1. The summed E-state index contributed by atoms with van der Waals surface area (Å²) in [5, 5.41) is 9.04. The first kappa shape index (κ1) is 15.0. The predicted molar refractivity (Wildman–Crippen MR) is 70.2 cm³/mol. The molecule has 0 saturated carbocycles. The number of unbranched alkanes of at least 4 members (excludes halogenated alkanes) is 1. The summed E-state index contributed by atoms with van der Waals surface area (Å²) < 4.78 is 0. The molecule has 1 aliphatic heterocycles. The monoisotopic (exact) mass is 255 g/mol. The van der Waals surface area contributed by atoms with Gasteiger partial charge in [0.2, 0.25) is 5.91 Å². The number of nitrogens with zero attached hydrogens (tertiary/aromatic N) is 1. The molecular formula is C14H25NO3. The number of aliphatic carboxylic acids is 1. The Labute approximate surface area is 109 Å². The van der Waals surface area contributed by atoms with Crippen molar-refractivity contribution in [1.82, 2.24) is 4.90 Å². The third-order valence-corrected chi connectivity index (χ3v) is 3.83. The lowest BCUT2D eigenvalue weighted by Crippen LogP contribution is -2.44. The van der Waals surface area contributed by atoms with Crippen molar-refractivity contribution in [3.8, 4) is 0 Å². The molecule has 1 heterocycles. The summed E-state index contributed by atoms with van der Waals surface area (Å²) in [4.78, 5) is 25.1. The Bertz CT molecular complexity index is 291. The molecule has 0 radical (unpaired) electrons.